The number of sulfonamides is 1. The summed E-state index contributed by atoms with van der Waals surface area (Å²) >= 11 is 0. The van der Waals surface area contributed by atoms with Crippen molar-refractivity contribution in [3.05, 3.63) is 53.5 Å². The van der Waals surface area contributed by atoms with Crippen molar-refractivity contribution in [2.75, 3.05) is 26.2 Å². The monoisotopic (exact) mass is 388 g/mol. The van der Waals surface area contributed by atoms with Crippen molar-refractivity contribution < 1.29 is 12.8 Å². The molecule has 2 fully saturated rings. The second-order valence-electron chi connectivity index (χ2n) is 8.23. The highest BCUT2D eigenvalue weighted by Gasteiger charge is 2.45. The second-order valence-corrected chi connectivity index (χ2v) is 10.2. The predicted octanol–water partition coefficient (Wildman–Crippen LogP) is 3.57. The van der Waals surface area contributed by atoms with Gasteiger partial charge in [0, 0.05) is 19.6 Å². The van der Waals surface area contributed by atoms with Crippen molar-refractivity contribution in [1.82, 2.24) is 9.21 Å². The third kappa shape index (κ3) is 3.84. The summed E-state index contributed by atoms with van der Waals surface area (Å²) in [6, 6.07) is 11.3. The molecule has 4 rings (SSSR count). The van der Waals surface area contributed by atoms with E-state index in [9.17, 15) is 8.42 Å². The molecule has 3 heterocycles. The van der Waals surface area contributed by atoms with Gasteiger partial charge in [-0.2, -0.15) is 4.31 Å². The van der Waals surface area contributed by atoms with Crippen LogP contribution in [-0.4, -0.2) is 43.8 Å². The van der Waals surface area contributed by atoms with Crippen LogP contribution in [0, 0.1) is 19.3 Å². The maximum atomic E-state index is 13.1. The first kappa shape index (κ1) is 18.7. The zero-order valence-electron chi connectivity index (χ0n) is 16.1. The minimum atomic E-state index is -3.41. The Morgan fingerprint density at radius 2 is 1.93 bits per heavy atom. The SMILES string of the molecule is Cc1cccc(S(=O)(=O)N2CC[C@@]3(CCCN(Cc4ccc(C)o4)C3)C2)c1. The first-order chi connectivity index (χ1) is 12.9. The number of benzene rings is 1. The number of furan rings is 1. The fraction of sp³-hybridized carbons (Fsp3) is 0.524. The van der Waals surface area contributed by atoms with Crippen molar-refractivity contribution in [3.8, 4) is 0 Å². The number of rotatable bonds is 4. The Kier molecular flexibility index (Phi) is 4.91. The van der Waals surface area contributed by atoms with Gasteiger partial charge in [-0.05, 0) is 74.9 Å². The molecular weight excluding hydrogens is 360 g/mol. The number of likely N-dealkylation sites (tertiary alicyclic amines) is 1. The summed E-state index contributed by atoms with van der Waals surface area (Å²) in [6.45, 7) is 7.92. The zero-order valence-corrected chi connectivity index (χ0v) is 17.0. The lowest BCUT2D eigenvalue weighted by Gasteiger charge is -2.40. The summed E-state index contributed by atoms with van der Waals surface area (Å²) in [5.41, 5.74) is 1.04. The highest BCUT2D eigenvalue weighted by atomic mass is 32.2. The van der Waals surface area contributed by atoms with Crippen molar-refractivity contribution >= 4 is 10.0 Å². The molecule has 2 saturated heterocycles. The Morgan fingerprint density at radius 3 is 2.67 bits per heavy atom. The van der Waals surface area contributed by atoms with Gasteiger partial charge >= 0.3 is 0 Å². The van der Waals surface area contributed by atoms with E-state index in [0.29, 0.717) is 18.0 Å². The largest absolute Gasteiger partial charge is 0.465 e. The predicted molar refractivity (Wildman–Crippen MR) is 105 cm³/mol. The molecule has 27 heavy (non-hydrogen) atoms. The number of piperidine rings is 1. The maximum absolute atomic E-state index is 13.1. The first-order valence-electron chi connectivity index (χ1n) is 9.71. The van der Waals surface area contributed by atoms with Crippen molar-refractivity contribution in [2.24, 2.45) is 5.41 Å². The number of hydrogen-bond acceptors (Lipinski definition) is 4. The molecule has 1 atom stereocenters. The van der Waals surface area contributed by atoms with Crippen LogP contribution in [0.4, 0.5) is 0 Å². The topological polar surface area (TPSA) is 53.8 Å². The van der Waals surface area contributed by atoms with E-state index in [4.69, 9.17) is 4.42 Å². The van der Waals surface area contributed by atoms with Gasteiger partial charge in [0.2, 0.25) is 10.0 Å². The van der Waals surface area contributed by atoms with E-state index in [-0.39, 0.29) is 5.41 Å². The van der Waals surface area contributed by atoms with Gasteiger partial charge in [-0.3, -0.25) is 4.90 Å². The lowest BCUT2D eigenvalue weighted by Crippen LogP contribution is -2.44. The lowest BCUT2D eigenvalue weighted by atomic mass is 9.79. The lowest BCUT2D eigenvalue weighted by molar-refractivity contribution is 0.0877. The van der Waals surface area contributed by atoms with E-state index in [0.717, 1.165) is 56.0 Å². The second kappa shape index (κ2) is 7.08. The minimum Gasteiger partial charge on any atom is -0.465 e. The van der Waals surface area contributed by atoms with E-state index in [1.165, 1.54) is 0 Å². The van der Waals surface area contributed by atoms with Crippen LogP contribution in [-0.2, 0) is 16.6 Å². The van der Waals surface area contributed by atoms with E-state index < -0.39 is 10.0 Å². The van der Waals surface area contributed by atoms with Gasteiger partial charge in [0.15, 0.2) is 0 Å². The van der Waals surface area contributed by atoms with Gasteiger partial charge < -0.3 is 4.42 Å². The summed E-state index contributed by atoms with van der Waals surface area (Å²) in [5.74, 6) is 1.93. The Labute approximate surface area is 162 Å². The maximum Gasteiger partial charge on any atom is 0.243 e. The van der Waals surface area contributed by atoms with E-state index >= 15 is 0 Å². The van der Waals surface area contributed by atoms with Crippen LogP contribution >= 0.6 is 0 Å². The Bertz CT molecular complexity index is 921. The number of aryl methyl sites for hydroxylation is 2. The molecule has 2 aromatic rings. The summed E-state index contributed by atoms with van der Waals surface area (Å²) in [6.07, 6.45) is 3.14. The van der Waals surface area contributed by atoms with Crippen LogP contribution in [0.2, 0.25) is 0 Å². The van der Waals surface area contributed by atoms with Crippen LogP contribution in [0.5, 0.6) is 0 Å². The molecule has 1 spiro atoms. The van der Waals surface area contributed by atoms with Crippen molar-refractivity contribution in [3.63, 3.8) is 0 Å². The molecule has 0 saturated carbocycles. The minimum absolute atomic E-state index is 0.0663. The number of hydrogen-bond donors (Lipinski definition) is 0. The first-order valence-corrected chi connectivity index (χ1v) is 11.1. The van der Waals surface area contributed by atoms with Crippen molar-refractivity contribution in [2.45, 2.75) is 44.6 Å². The highest BCUT2D eigenvalue weighted by molar-refractivity contribution is 7.89. The van der Waals surface area contributed by atoms with Gasteiger partial charge in [0.1, 0.15) is 11.5 Å². The molecule has 1 aromatic carbocycles. The Hall–Kier alpha value is -1.63. The molecule has 146 valence electrons. The smallest absolute Gasteiger partial charge is 0.243 e. The molecule has 0 aliphatic carbocycles. The molecule has 5 nitrogen and oxygen atoms in total. The zero-order chi connectivity index (χ0) is 19.1. The average Bonchev–Trinajstić information content (AvgIpc) is 3.22. The van der Waals surface area contributed by atoms with E-state index in [1.807, 2.05) is 38.1 Å². The summed E-state index contributed by atoms with van der Waals surface area (Å²) in [4.78, 5) is 2.84. The third-order valence-corrected chi connectivity index (χ3v) is 7.79. The highest BCUT2D eigenvalue weighted by Crippen LogP contribution is 2.41. The van der Waals surface area contributed by atoms with Gasteiger partial charge in [0.25, 0.3) is 0 Å². The third-order valence-electron chi connectivity index (χ3n) is 5.95. The molecule has 0 unspecified atom stereocenters. The Balaban J connectivity index is 1.47. The Morgan fingerprint density at radius 1 is 1.07 bits per heavy atom. The van der Waals surface area contributed by atoms with Gasteiger partial charge in [-0.1, -0.05) is 12.1 Å². The molecular formula is C21H28N2O3S. The average molecular weight is 389 g/mol. The molecule has 0 radical (unpaired) electrons. The quantitative estimate of drug-likeness (QED) is 0.803. The van der Waals surface area contributed by atoms with Crippen LogP contribution in [0.3, 0.4) is 0 Å². The molecule has 2 aliphatic rings. The normalized spacial score (nSPS) is 24.7. The van der Waals surface area contributed by atoms with E-state index in [1.54, 1.807) is 16.4 Å². The fourth-order valence-electron chi connectivity index (χ4n) is 4.59. The van der Waals surface area contributed by atoms with Crippen LogP contribution in [0.15, 0.2) is 45.7 Å². The molecule has 0 bridgehead atoms. The molecule has 2 aliphatic heterocycles. The molecule has 0 amide bonds. The molecule has 1 aromatic heterocycles. The fourth-order valence-corrected chi connectivity index (χ4v) is 6.25. The van der Waals surface area contributed by atoms with E-state index in [2.05, 4.69) is 4.90 Å². The van der Waals surface area contributed by atoms with Gasteiger partial charge in [-0.15, -0.1) is 0 Å². The summed E-state index contributed by atoms with van der Waals surface area (Å²) in [7, 11) is -3.41. The number of nitrogens with zero attached hydrogens (tertiary/aromatic N) is 2. The molecule has 0 N–H and O–H groups in total. The molecule has 6 heteroatoms. The summed E-state index contributed by atoms with van der Waals surface area (Å²) < 4.78 is 33.6. The van der Waals surface area contributed by atoms with Crippen LogP contribution in [0.1, 0.15) is 36.3 Å². The van der Waals surface area contributed by atoms with Gasteiger partial charge in [-0.25, -0.2) is 8.42 Å². The van der Waals surface area contributed by atoms with Crippen molar-refractivity contribution in [1.29, 1.82) is 0 Å². The van der Waals surface area contributed by atoms with Crippen LogP contribution < -0.4 is 0 Å². The summed E-state index contributed by atoms with van der Waals surface area (Å²) in [5, 5.41) is 0. The van der Waals surface area contributed by atoms with Crippen LogP contribution in [0.25, 0.3) is 0 Å². The standard InChI is InChI=1S/C21H28N2O3S/c1-17-5-3-6-20(13-17)27(24,25)23-12-10-21(16-23)9-4-11-22(15-21)14-19-8-7-18(2)26-19/h3,5-8,13H,4,9-12,14-16H2,1-2H3/t21-/m1/s1. The van der Waals surface area contributed by atoms with Gasteiger partial charge in [0.05, 0.1) is 11.4 Å².